The highest BCUT2D eigenvalue weighted by Gasteiger charge is 2.38. The molecule has 82 valence electrons. The molecule has 0 aromatic heterocycles. The van der Waals surface area contributed by atoms with Crippen LogP contribution in [0.2, 0.25) is 0 Å². The van der Waals surface area contributed by atoms with Crippen LogP contribution in [0.3, 0.4) is 0 Å². The first-order valence-electron chi connectivity index (χ1n) is 4.71. The molecule has 0 radical (unpaired) electrons. The molecule has 14 heavy (non-hydrogen) atoms. The van der Waals surface area contributed by atoms with Gasteiger partial charge in [-0.25, -0.2) is 8.42 Å². The Hall–Kier alpha value is -0.390. The molecule has 4 nitrogen and oxygen atoms in total. The molecule has 0 saturated carbocycles. The second-order valence-corrected chi connectivity index (χ2v) is 5.81. The summed E-state index contributed by atoms with van der Waals surface area (Å²) < 4.78 is 24.5. The van der Waals surface area contributed by atoms with Gasteiger partial charge < -0.3 is 5.11 Å². The van der Waals surface area contributed by atoms with E-state index in [1.807, 2.05) is 13.8 Å². The van der Waals surface area contributed by atoms with Gasteiger partial charge in [0.15, 0.2) is 0 Å². The zero-order valence-corrected chi connectivity index (χ0v) is 9.37. The highest BCUT2D eigenvalue weighted by atomic mass is 32.2. The van der Waals surface area contributed by atoms with Gasteiger partial charge in [0.05, 0.1) is 6.10 Å². The minimum Gasteiger partial charge on any atom is -0.392 e. The standard InChI is InChI=1S/C9H17NO3S/c1-4-14(12,13)10-6-8(11)5-9(10)7(2)3/h4,7-9,11H,1,5-6H2,2-3H3. The quantitative estimate of drug-likeness (QED) is 0.754. The molecule has 2 unspecified atom stereocenters. The topological polar surface area (TPSA) is 57.6 Å². The molecule has 0 amide bonds. The molecule has 1 aliphatic rings. The van der Waals surface area contributed by atoms with Crippen molar-refractivity contribution < 1.29 is 13.5 Å². The van der Waals surface area contributed by atoms with Gasteiger partial charge in [0.25, 0.3) is 0 Å². The van der Waals surface area contributed by atoms with E-state index in [4.69, 9.17) is 0 Å². The van der Waals surface area contributed by atoms with E-state index in [1.165, 1.54) is 4.31 Å². The smallest absolute Gasteiger partial charge is 0.235 e. The van der Waals surface area contributed by atoms with Crippen LogP contribution in [-0.2, 0) is 10.0 Å². The van der Waals surface area contributed by atoms with Crippen molar-refractivity contribution in [1.82, 2.24) is 4.31 Å². The fourth-order valence-electron chi connectivity index (χ4n) is 1.81. The number of sulfonamides is 1. The number of aliphatic hydroxyl groups is 1. The van der Waals surface area contributed by atoms with Gasteiger partial charge in [-0.15, -0.1) is 0 Å². The van der Waals surface area contributed by atoms with Gasteiger partial charge >= 0.3 is 0 Å². The molecule has 1 saturated heterocycles. The van der Waals surface area contributed by atoms with Crippen molar-refractivity contribution in [2.45, 2.75) is 32.4 Å². The maximum absolute atomic E-state index is 11.6. The maximum Gasteiger partial charge on any atom is 0.235 e. The molecular formula is C9H17NO3S. The summed E-state index contributed by atoms with van der Waals surface area (Å²) in [7, 11) is -3.39. The number of nitrogens with zero attached hydrogens (tertiary/aromatic N) is 1. The maximum atomic E-state index is 11.6. The molecule has 2 atom stereocenters. The fourth-order valence-corrected chi connectivity index (χ4v) is 3.09. The van der Waals surface area contributed by atoms with E-state index < -0.39 is 16.1 Å². The molecule has 0 aromatic rings. The first-order valence-corrected chi connectivity index (χ1v) is 6.21. The minimum absolute atomic E-state index is 0.104. The third-order valence-electron chi connectivity index (χ3n) is 2.58. The van der Waals surface area contributed by atoms with Gasteiger partial charge in [-0.2, -0.15) is 4.31 Å². The highest BCUT2D eigenvalue weighted by Crippen LogP contribution is 2.27. The zero-order valence-electron chi connectivity index (χ0n) is 8.55. The van der Waals surface area contributed by atoms with Crippen molar-refractivity contribution in [3.8, 4) is 0 Å². The van der Waals surface area contributed by atoms with Gasteiger partial charge in [-0.05, 0) is 12.3 Å². The molecule has 0 bridgehead atoms. The van der Waals surface area contributed by atoms with Crippen LogP contribution in [0.1, 0.15) is 20.3 Å². The Morgan fingerprint density at radius 1 is 1.57 bits per heavy atom. The van der Waals surface area contributed by atoms with Crippen LogP contribution in [0.4, 0.5) is 0 Å². The molecular weight excluding hydrogens is 202 g/mol. The van der Waals surface area contributed by atoms with Crippen LogP contribution in [0.25, 0.3) is 0 Å². The van der Waals surface area contributed by atoms with Gasteiger partial charge in [-0.3, -0.25) is 0 Å². The average Bonchev–Trinajstić information content (AvgIpc) is 2.48. The van der Waals surface area contributed by atoms with E-state index in [-0.39, 0.29) is 18.5 Å². The highest BCUT2D eigenvalue weighted by molar-refractivity contribution is 7.92. The Labute approximate surface area is 85.3 Å². The molecule has 1 fully saturated rings. The fraction of sp³-hybridized carbons (Fsp3) is 0.778. The van der Waals surface area contributed by atoms with Gasteiger partial charge in [0.2, 0.25) is 10.0 Å². The van der Waals surface area contributed by atoms with Crippen LogP contribution in [0, 0.1) is 5.92 Å². The summed E-state index contributed by atoms with van der Waals surface area (Å²) >= 11 is 0. The van der Waals surface area contributed by atoms with Crippen molar-refractivity contribution >= 4 is 10.0 Å². The molecule has 5 heteroatoms. The predicted molar refractivity (Wildman–Crippen MR) is 55.1 cm³/mol. The van der Waals surface area contributed by atoms with Crippen molar-refractivity contribution in [3.63, 3.8) is 0 Å². The van der Waals surface area contributed by atoms with E-state index in [0.717, 1.165) is 5.41 Å². The van der Waals surface area contributed by atoms with Crippen molar-refractivity contribution in [1.29, 1.82) is 0 Å². The number of hydrogen-bond acceptors (Lipinski definition) is 3. The molecule has 0 spiro atoms. The molecule has 1 heterocycles. The lowest BCUT2D eigenvalue weighted by molar-refractivity contribution is 0.188. The average molecular weight is 219 g/mol. The summed E-state index contributed by atoms with van der Waals surface area (Å²) in [4.78, 5) is 0. The lowest BCUT2D eigenvalue weighted by Crippen LogP contribution is -2.37. The SMILES string of the molecule is C=CS(=O)(=O)N1CC(O)CC1C(C)C. The van der Waals surface area contributed by atoms with E-state index in [0.29, 0.717) is 6.42 Å². The summed E-state index contributed by atoms with van der Waals surface area (Å²) in [6.07, 6.45) is -0.0257. The summed E-state index contributed by atoms with van der Waals surface area (Å²) in [6.45, 7) is 7.38. The third-order valence-corrected chi connectivity index (χ3v) is 4.08. The number of hydrogen-bond donors (Lipinski definition) is 1. The van der Waals surface area contributed by atoms with E-state index in [2.05, 4.69) is 6.58 Å². The summed E-state index contributed by atoms with van der Waals surface area (Å²) in [5.74, 6) is 0.210. The Balaban J connectivity index is 2.92. The number of β-amino-alcohol motifs (C(OH)–C–C–N with tert-alkyl or cyclic N) is 1. The number of aliphatic hydroxyl groups excluding tert-OH is 1. The molecule has 1 rings (SSSR count). The van der Waals surface area contributed by atoms with Crippen LogP contribution in [-0.4, -0.2) is 36.5 Å². The Bertz CT molecular complexity index is 310. The normalized spacial score (nSPS) is 29.7. The van der Waals surface area contributed by atoms with Gasteiger partial charge in [0, 0.05) is 18.0 Å². The lowest BCUT2D eigenvalue weighted by Gasteiger charge is -2.24. The Kier molecular flexibility index (Phi) is 3.34. The van der Waals surface area contributed by atoms with Gasteiger partial charge in [-0.1, -0.05) is 20.4 Å². The molecule has 1 aliphatic heterocycles. The largest absolute Gasteiger partial charge is 0.392 e. The first-order chi connectivity index (χ1) is 6.38. The van der Waals surface area contributed by atoms with E-state index in [9.17, 15) is 13.5 Å². The van der Waals surface area contributed by atoms with Crippen molar-refractivity contribution in [2.75, 3.05) is 6.54 Å². The van der Waals surface area contributed by atoms with Crippen LogP contribution in [0.5, 0.6) is 0 Å². The Morgan fingerprint density at radius 2 is 2.14 bits per heavy atom. The second kappa shape index (κ2) is 4.00. The number of rotatable bonds is 3. The van der Waals surface area contributed by atoms with Crippen molar-refractivity contribution in [2.24, 2.45) is 5.92 Å². The van der Waals surface area contributed by atoms with Crippen LogP contribution < -0.4 is 0 Å². The van der Waals surface area contributed by atoms with Gasteiger partial charge in [0.1, 0.15) is 0 Å². The summed E-state index contributed by atoms with van der Waals surface area (Å²) in [6, 6.07) is -0.104. The molecule has 1 N–H and O–H groups in total. The van der Waals surface area contributed by atoms with E-state index in [1.54, 1.807) is 0 Å². The monoisotopic (exact) mass is 219 g/mol. The predicted octanol–water partition coefficient (Wildman–Crippen LogP) is 0.551. The summed E-state index contributed by atoms with van der Waals surface area (Å²) in [5.41, 5.74) is 0. The Morgan fingerprint density at radius 3 is 2.57 bits per heavy atom. The van der Waals surface area contributed by atoms with Crippen LogP contribution >= 0.6 is 0 Å². The lowest BCUT2D eigenvalue weighted by atomic mass is 10.0. The van der Waals surface area contributed by atoms with E-state index >= 15 is 0 Å². The minimum atomic E-state index is -3.39. The molecule has 0 aliphatic carbocycles. The second-order valence-electron chi connectivity index (χ2n) is 3.98. The molecule has 0 aromatic carbocycles. The van der Waals surface area contributed by atoms with Crippen LogP contribution in [0.15, 0.2) is 12.0 Å². The first kappa shape index (κ1) is 11.7. The summed E-state index contributed by atoms with van der Waals surface area (Å²) in [5, 5.41) is 10.4. The van der Waals surface area contributed by atoms with Crippen molar-refractivity contribution in [3.05, 3.63) is 12.0 Å². The third kappa shape index (κ3) is 2.16. The zero-order chi connectivity index (χ0) is 10.9.